The van der Waals surface area contributed by atoms with Gasteiger partial charge < -0.3 is 15.4 Å². The number of rotatable bonds is 4. The summed E-state index contributed by atoms with van der Waals surface area (Å²) in [5, 5.41) is 6.41. The van der Waals surface area contributed by atoms with Crippen LogP contribution in [0.5, 0.6) is 5.75 Å². The molecule has 1 aliphatic heterocycles. The van der Waals surface area contributed by atoms with Gasteiger partial charge in [0.2, 0.25) is 0 Å². The molecule has 0 bridgehead atoms. The van der Waals surface area contributed by atoms with Gasteiger partial charge in [0.25, 0.3) is 5.91 Å². The molecule has 110 valence electrons. The average Bonchev–Trinajstić information content (AvgIpc) is 2.44. The molecule has 20 heavy (non-hydrogen) atoms. The molecule has 0 spiro atoms. The van der Waals surface area contributed by atoms with Crippen molar-refractivity contribution in [3.63, 3.8) is 0 Å². The Bertz CT molecular complexity index is 450. The fourth-order valence-electron chi connectivity index (χ4n) is 2.30. The van der Waals surface area contributed by atoms with Crippen molar-refractivity contribution < 1.29 is 9.53 Å². The first-order valence-electron chi connectivity index (χ1n) is 6.99. The highest BCUT2D eigenvalue weighted by molar-refractivity contribution is 9.10. The maximum Gasteiger partial charge on any atom is 0.261 e. The molecular formula is C15H21BrN2O2. The maximum atomic E-state index is 12.2. The van der Waals surface area contributed by atoms with Crippen LogP contribution in [0.4, 0.5) is 0 Å². The third-order valence-electron chi connectivity index (χ3n) is 3.61. The molecule has 0 radical (unpaired) electrons. The molecule has 1 amide bonds. The van der Waals surface area contributed by atoms with Gasteiger partial charge in [-0.3, -0.25) is 4.79 Å². The Kier molecular flexibility index (Phi) is 5.43. The van der Waals surface area contributed by atoms with Gasteiger partial charge in [-0.2, -0.15) is 0 Å². The van der Waals surface area contributed by atoms with Crippen molar-refractivity contribution in [2.75, 3.05) is 13.1 Å². The van der Waals surface area contributed by atoms with E-state index in [4.69, 9.17) is 4.74 Å². The normalized spacial score (nSPS) is 23.9. The van der Waals surface area contributed by atoms with Crippen LogP contribution in [-0.4, -0.2) is 31.1 Å². The van der Waals surface area contributed by atoms with Gasteiger partial charge in [0.05, 0.1) is 0 Å². The first kappa shape index (κ1) is 15.3. The van der Waals surface area contributed by atoms with Crippen LogP contribution >= 0.6 is 15.9 Å². The van der Waals surface area contributed by atoms with Crippen LogP contribution in [0, 0.1) is 5.92 Å². The summed E-state index contributed by atoms with van der Waals surface area (Å²) in [5.74, 6) is 1.11. The van der Waals surface area contributed by atoms with Gasteiger partial charge >= 0.3 is 0 Å². The van der Waals surface area contributed by atoms with E-state index >= 15 is 0 Å². The lowest BCUT2D eigenvalue weighted by atomic mass is 9.95. The van der Waals surface area contributed by atoms with Gasteiger partial charge in [0, 0.05) is 10.5 Å². The lowest BCUT2D eigenvalue weighted by molar-refractivity contribution is -0.128. The molecule has 0 aliphatic carbocycles. The predicted molar refractivity (Wildman–Crippen MR) is 82.8 cm³/mol. The summed E-state index contributed by atoms with van der Waals surface area (Å²) in [5.41, 5.74) is 0. The third kappa shape index (κ3) is 4.21. The highest BCUT2D eigenvalue weighted by atomic mass is 79.9. The molecule has 0 saturated carbocycles. The van der Waals surface area contributed by atoms with Crippen LogP contribution in [0.2, 0.25) is 0 Å². The number of piperidine rings is 1. The fourth-order valence-corrected chi connectivity index (χ4v) is 2.56. The van der Waals surface area contributed by atoms with Crippen molar-refractivity contribution in [3.8, 4) is 5.75 Å². The number of benzene rings is 1. The zero-order valence-electron chi connectivity index (χ0n) is 11.9. The molecule has 2 rings (SSSR count). The monoisotopic (exact) mass is 340 g/mol. The molecule has 5 heteroatoms. The Morgan fingerprint density at radius 2 is 2.15 bits per heavy atom. The first-order chi connectivity index (χ1) is 9.56. The molecule has 1 aliphatic rings. The quantitative estimate of drug-likeness (QED) is 0.884. The topological polar surface area (TPSA) is 50.4 Å². The van der Waals surface area contributed by atoms with E-state index in [1.54, 1.807) is 6.92 Å². The van der Waals surface area contributed by atoms with Crippen molar-refractivity contribution in [1.82, 2.24) is 10.6 Å². The Hall–Kier alpha value is -1.07. The number of amides is 1. The number of hydrogen-bond donors (Lipinski definition) is 2. The summed E-state index contributed by atoms with van der Waals surface area (Å²) in [4.78, 5) is 12.2. The van der Waals surface area contributed by atoms with Crippen LogP contribution in [-0.2, 0) is 4.79 Å². The minimum atomic E-state index is -0.488. The van der Waals surface area contributed by atoms with Crippen LogP contribution in [0.3, 0.4) is 0 Å². The number of ether oxygens (including phenoxy) is 1. The van der Waals surface area contributed by atoms with E-state index in [2.05, 4.69) is 33.5 Å². The molecule has 0 aromatic heterocycles. The standard InChI is InChI=1S/C15H21BrN2O2/c1-10-9-17-8-7-14(10)18-15(19)11(2)20-13-5-3-12(16)4-6-13/h3-6,10-11,14,17H,7-9H2,1-2H3,(H,18,19). The number of carbonyl (C=O) groups is 1. The highest BCUT2D eigenvalue weighted by Crippen LogP contribution is 2.17. The molecule has 1 aromatic carbocycles. The predicted octanol–water partition coefficient (Wildman–Crippen LogP) is 2.33. The van der Waals surface area contributed by atoms with Crippen LogP contribution < -0.4 is 15.4 Å². The molecule has 1 heterocycles. The molecule has 3 atom stereocenters. The largest absolute Gasteiger partial charge is 0.481 e. The number of halogens is 1. The molecule has 3 unspecified atom stereocenters. The van der Waals surface area contributed by atoms with E-state index in [-0.39, 0.29) is 11.9 Å². The van der Waals surface area contributed by atoms with Crippen LogP contribution in [0.15, 0.2) is 28.7 Å². The molecule has 1 aromatic rings. The van der Waals surface area contributed by atoms with Crippen molar-refractivity contribution in [2.24, 2.45) is 5.92 Å². The number of carbonyl (C=O) groups excluding carboxylic acids is 1. The molecule has 1 saturated heterocycles. The van der Waals surface area contributed by atoms with Crippen molar-refractivity contribution in [1.29, 1.82) is 0 Å². The zero-order valence-corrected chi connectivity index (χ0v) is 13.4. The van der Waals surface area contributed by atoms with Crippen LogP contribution in [0.1, 0.15) is 20.3 Å². The van der Waals surface area contributed by atoms with E-state index in [1.165, 1.54) is 0 Å². The number of nitrogens with one attached hydrogen (secondary N) is 2. The molecule has 4 nitrogen and oxygen atoms in total. The van der Waals surface area contributed by atoms with Crippen molar-refractivity contribution >= 4 is 21.8 Å². The van der Waals surface area contributed by atoms with Gasteiger partial charge in [-0.1, -0.05) is 22.9 Å². The Morgan fingerprint density at radius 3 is 2.80 bits per heavy atom. The third-order valence-corrected chi connectivity index (χ3v) is 4.14. The van der Waals surface area contributed by atoms with Crippen molar-refractivity contribution in [2.45, 2.75) is 32.4 Å². The Balaban J connectivity index is 1.86. The van der Waals surface area contributed by atoms with Crippen molar-refractivity contribution in [3.05, 3.63) is 28.7 Å². The van der Waals surface area contributed by atoms with E-state index < -0.39 is 6.10 Å². The second kappa shape index (κ2) is 7.09. The maximum absolute atomic E-state index is 12.2. The smallest absolute Gasteiger partial charge is 0.261 e. The zero-order chi connectivity index (χ0) is 14.5. The van der Waals surface area contributed by atoms with E-state index in [1.807, 2.05) is 24.3 Å². The summed E-state index contributed by atoms with van der Waals surface area (Å²) in [6.07, 6.45) is 0.482. The summed E-state index contributed by atoms with van der Waals surface area (Å²) >= 11 is 3.37. The molecular weight excluding hydrogens is 320 g/mol. The van der Waals surface area contributed by atoms with Gasteiger partial charge in [-0.05, 0) is 56.6 Å². The average molecular weight is 341 g/mol. The molecule has 2 N–H and O–H groups in total. The SMILES string of the molecule is CC(Oc1ccc(Br)cc1)C(=O)NC1CCNCC1C. The van der Waals surface area contributed by atoms with Gasteiger partial charge in [0.1, 0.15) is 5.75 Å². The lowest BCUT2D eigenvalue weighted by Gasteiger charge is -2.31. The summed E-state index contributed by atoms with van der Waals surface area (Å²) in [6, 6.07) is 7.73. The van der Waals surface area contributed by atoms with Gasteiger partial charge in [-0.15, -0.1) is 0 Å². The summed E-state index contributed by atoms with van der Waals surface area (Å²) in [6.45, 7) is 5.84. The minimum Gasteiger partial charge on any atom is -0.481 e. The van der Waals surface area contributed by atoms with Gasteiger partial charge in [-0.25, -0.2) is 0 Å². The summed E-state index contributed by atoms with van der Waals surface area (Å²) < 4.78 is 6.65. The van der Waals surface area contributed by atoms with E-state index in [0.29, 0.717) is 11.7 Å². The highest BCUT2D eigenvalue weighted by Gasteiger charge is 2.25. The van der Waals surface area contributed by atoms with Gasteiger partial charge in [0.15, 0.2) is 6.10 Å². The minimum absolute atomic E-state index is 0.0494. The first-order valence-corrected chi connectivity index (χ1v) is 7.79. The van der Waals surface area contributed by atoms with E-state index in [9.17, 15) is 4.79 Å². The second-order valence-electron chi connectivity index (χ2n) is 5.30. The lowest BCUT2D eigenvalue weighted by Crippen LogP contribution is -2.51. The van der Waals surface area contributed by atoms with E-state index in [0.717, 1.165) is 24.0 Å². The molecule has 1 fully saturated rings. The Morgan fingerprint density at radius 1 is 1.45 bits per heavy atom. The van der Waals surface area contributed by atoms with Crippen LogP contribution in [0.25, 0.3) is 0 Å². The summed E-state index contributed by atoms with van der Waals surface area (Å²) in [7, 11) is 0. The Labute approximate surface area is 128 Å². The fraction of sp³-hybridized carbons (Fsp3) is 0.533. The number of hydrogen-bond acceptors (Lipinski definition) is 3. The second-order valence-corrected chi connectivity index (χ2v) is 6.21.